The summed E-state index contributed by atoms with van der Waals surface area (Å²) in [5, 5.41) is 22.3. The minimum atomic E-state index is -1.06. The van der Waals surface area contributed by atoms with Crippen LogP contribution in [0.15, 0.2) is 23.1 Å². The summed E-state index contributed by atoms with van der Waals surface area (Å²) < 4.78 is 0.912. The first-order chi connectivity index (χ1) is 10.5. The zero-order chi connectivity index (χ0) is 17.8. The lowest BCUT2D eigenvalue weighted by Crippen LogP contribution is -2.52. The molecule has 126 valence electrons. The molecular formula is C14H19N3O6. The topological polar surface area (TPSA) is 132 Å². The molecule has 1 atom stereocenters. The molecule has 23 heavy (non-hydrogen) atoms. The molecule has 1 amide bonds. The largest absolute Gasteiger partial charge is 0.481 e. The van der Waals surface area contributed by atoms with E-state index >= 15 is 0 Å². The summed E-state index contributed by atoms with van der Waals surface area (Å²) in [4.78, 5) is 44.8. The van der Waals surface area contributed by atoms with Crippen LogP contribution >= 0.6 is 0 Å². The molecule has 0 bridgehead atoms. The molecule has 9 heteroatoms. The molecule has 2 N–H and O–H groups in total. The molecule has 0 saturated carbocycles. The fraction of sp³-hybridized carbons (Fsp3) is 0.500. The quantitative estimate of drug-likeness (QED) is 0.562. The standard InChI is InChI=1S/C14H19N3O6/c1-9(2)14(3,6-13(20)21)15-11(18)8-16-7-10(17(22)23)4-5-12(16)19/h4-5,7,9H,6,8H2,1-3H3,(H,15,18)(H,20,21). The van der Waals surface area contributed by atoms with Gasteiger partial charge in [0.25, 0.3) is 11.2 Å². The number of hydrogen-bond acceptors (Lipinski definition) is 5. The third kappa shape index (κ3) is 4.90. The van der Waals surface area contributed by atoms with Gasteiger partial charge in [-0.3, -0.25) is 29.1 Å². The van der Waals surface area contributed by atoms with Crippen LogP contribution in [0.4, 0.5) is 5.69 Å². The fourth-order valence-corrected chi connectivity index (χ4v) is 1.97. The van der Waals surface area contributed by atoms with Crippen molar-refractivity contribution in [2.45, 2.75) is 39.3 Å². The first-order valence-electron chi connectivity index (χ1n) is 6.93. The zero-order valence-corrected chi connectivity index (χ0v) is 13.1. The number of aliphatic carboxylic acids is 1. The van der Waals surface area contributed by atoms with Crippen molar-refractivity contribution < 1.29 is 19.6 Å². The van der Waals surface area contributed by atoms with E-state index in [4.69, 9.17) is 5.11 Å². The van der Waals surface area contributed by atoms with Gasteiger partial charge in [-0.25, -0.2) is 0 Å². The number of carbonyl (C=O) groups excluding carboxylic acids is 1. The number of carbonyl (C=O) groups is 2. The minimum Gasteiger partial charge on any atom is -0.481 e. The Hall–Kier alpha value is -2.71. The van der Waals surface area contributed by atoms with Crippen LogP contribution in [0.5, 0.6) is 0 Å². The lowest BCUT2D eigenvalue weighted by atomic mass is 9.85. The van der Waals surface area contributed by atoms with Crippen LogP contribution in [0.25, 0.3) is 0 Å². The third-order valence-electron chi connectivity index (χ3n) is 3.71. The Bertz CT molecular complexity index is 681. The summed E-state index contributed by atoms with van der Waals surface area (Å²) >= 11 is 0. The molecule has 0 spiro atoms. The van der Waals surface area contributed by atoms with Crippen molar-refractivity contribution in [1.29, 1.82) is 0 Å². The lowest BCUT2D eigenvalue weighted by Gasteiger charge is -2.33. The van der Waals surface area contributed by atoms with Crippen LogP contribution in [0, 0.1) is 16.0 Å². The van der Waals surface area contributed by atoms with Crippen molar-refractivity contribution in [3.05, 3.63) is 38.8 Å². The van der Waals surface area contributed by atoms with Gasteiger partial charge in [0.2, 0.25) is 5.91 Å². The number of carboxylic acids is 1. The highest BCUT2D eigenvalue weighted by Gasteiger charge is 2.32. The second-order valence-electron chi connectivity index (χ2n) is 5.80. The fourth-order valence-electron chi connectivity index (χ4n) is 1.97. The molecule has 0 aliphatic heterocycles. The maximum Gasteiger partial charge on any atom is 0.305 e. The van der Waals surface area contributed by atoms with Crippen molar-refractivity contribution in [3.63, 3.8) is 0 Å². The first kappa shape index (κ1) is 18.3. The SMILES string of the molecule is CC(C)C(C)(CC(=O)O)NC(=O)Cn1cc([N+](=O)[O-])ccc1=O. The molecule has 1 unspecified atom stereocenters. The Morgan fingerprint density at radius 2 is 2.04 bits per heavy atom. The number of amides is 1. The maximum absolute atomic E-state index is 12.1. The highest BCUT2D eigenvalue weighted by molar-refractivity contribution is 5.78. The van der Waals surface area contributed by atoms with Crippen LogP contribution < -0.4 is 10.9 Å². The lowest BCUT2D eigenvalue weighted by molar-refractivity contribution is -0.385. The Labute approximate surface area is 132 Å². The number of nitrogens with one attached hydrogen (secondary N) is 1. The second kappa shape index (κ2) is 7.03. The summed E-state index contributed by atoms with van der Waals surface area (Å²) in [5.41, 5.74) is -1.86. The van der Waals surface area contributed by atoms with E-state index in [0.29, 0.717) is 0 Å². The van der Waals surface area contributed by atoms with Gasteiger partial charge in [-0.05, 0) is 12.8 Å². The summed E-state index contributed by atoms with van der Waals surface area (Å²) in [7, 11) is 0. The predicted molar refractivity (Wildman–Crippen MR) is 81.0 cm³/mol. The van der Waals surface area contributed by atoms with Gasteiger partial charge in [0.15, 0.2) is 0 Å². The Morgan fingerprint density at radius 3 is 2.52 bits per heavy atom. The van der Waals surface area contributed by atoms with E-state index in [9.17, 15) is 24.5 Å². The molecule has 0 aliphatic rings. The number of pyridine rings is 1. The van der Waals surface area contributed by atoms with E-state index in [2.05, 4.69) is 5.32 Å². The number of aromatic nitrogens is 1. The van der Waals surface area contributed by atoms with Gasteiger partial charge in [-0.1, -0.05) is 13.8 Å². The summed E-state index contributed by atoms with van der Waals surface area (Å²) in [6.45, 7) is 4.70. The number of nitro groups is 1. The van der Waals surface area contributed by atoms with Crippen molar-refractivity contribution in [3.8, 4) is 0 Å². The molecule has 1 heterocycles. The van der Waals surface area contributed by atoms with Crippen molar-refractivity contribution in [1.82, 2.24) is 9.88 Å². The Balaban J connectivity index is 2.95. The van der Waals surface area contributed by atoms with Crippen LogP contribution in [0.3, 0.4) is 0 Å². The maximum atomic E-state index is 12.1. The molecule has 1 aromatic rings. The van der Waals surface area contributed by atoms with E-state index in [-0.39, 0.29) is 18.0 Å². The number of hydrogen-bond donors (Lipinski definition) is 2. The van der Waals surface area contributed by atoms with Gasteiger partial charge in [0.05, 0.1) is 23.1 Å². The molecule has 0 radical (unpaired) electrons. The summed E-state index contributed by atoms with van der Waals surface area (Å²) in [5.74, 6) is -1.82. The van der Waals surface area contributed by atoms with Crippen LogP contribution in [-0.4, -0.2) is 32.0 Å². The van der Waals surface area contributed by atoms with Crippen molar-refractivity contribution in [2.24, 2.45) is 5.92 Å². The van der Waals surface area contributed by atoms with E-state index in [0.717, 1.165) is 22.9 Å². The van der Waals surface area contributed by atoms with Gasteiger partial charge in [-0.15, -0.1) is 0 Å². The zero-order valence-electron chi connectivity index (χ0n) is 13.1. The average Bonchev–Trinajstić information content (AvgIpc) is 2.39. The van der Waals surface area contributed by atoms with Gasteiger partial charge >= 0.3 is 5.97 Å². The highest BCUT2D eigenvalue weighted by Crippen LogP contribution is 2.20. The van der Waals surface area contributed by atoms with Crippen LogP contribution in [-0.2, 0) is 16.1 Å². The monoisotopic (exact) mass is 325 g/mol. The smallest absolute Gasteiger partial charge is 0.305 e. The predicted octanol–water partition coefficient (Wildman–Crippen LogP) is 0.762. The minimum absolute atomic E-state index is 0.163. The summed E-state index contributed by atoms with van der Waals surface area (Å²) in [6.07, 6.45) is 0.700. The van der Waals surface area contributed by atoms with Gasteiger partial charge in [-0.2, -0.15) is 0 Å². The highest BCUT2D eigenvalue weighted by atomic mass is 16.6. The molecular weight excluding hydrogens is 306 g/mol. The Morgan fingerprint density at radius 1 is 1.43 bits per heavy atom. The molecule has 0 fully saturated rings. The normalized spacial score (nSPS) is 13.4. The van der Waals surface area contributed by atoms with Crippen molar-refractivity contribution in [2.75, 3.05) is 0 Å². The van der Waals surface area contributed by atoms with E-state index < -0.39 is 34.4 Å². The Kier molecular flexibility index (Phi) is 5.61. The second-order valence-corrected chi connectivity index (χ2v) is 5.80. The molecule has 0 aromatic carbocycles. The van der Waals surface area contributed by atoms with E-state index in [1.165, 1.54) is 0 Å². The number of rotatable bonds is 7. The number of carboxylic acid groups (broad SMARTS) is 1. The molecule has 9 nitrogen and oxygen atoms in total. The summed E-state index contributed by atoms with van der Waals surface area (Å²) in [6, 6.07) is 2.06. The van der Waals surface area contributed by atoms with Gasteiger partial charge < -0.3 is 10.4 Å². The van der Waals surface area contributed by atoms with Crippen LogP contribution in [0.1, 0.15) is 27.2 Å². The van der Waals surface area contributed by atoms with E-state index in [1.54, 1.807) is 20.8 Å². The van der Waals surface area contributed by atoms with Crippen LogP contribution in [0.2, 0.25) is 0 Å². The van der Waals surface area contributed by atoms with Gasteiger partial charge in [0.1, 0.15) is 6.54 Å². The first-order valence-corrected chi connectivity index (χ1v) is 6.93. The molecule has 0 saturated heterocycles. The average molecular weight is 325 g/mol. The molecule has 0 aliphatic carbocycles. The van der Waals surface area contributed by atoms with Crippen molar-refractivity contribution >= 4 is 17.6 Å². The van der Waals surface area contributed by atoms with Gasteiger partial charge in [0, 0.05) is 12.1 Å². The molecule has 1 aromatic heterocycles. The van der Waals surface area contributed by atoms with E-state index in [1.807, 2.05) is 0 Å². The number of nitrogens with zero attached hydrogens (tertiary/aromatic N) is 2. The third-order valence-corrected chi connectivity index (χ3v) is 3.71. The molecule has 1 rings (SSSR count).